The van der Waals surface area contributed by atoms with Crippen LogP contribution in [-0.2, 0) is 4.79 Å². The number of rotatable bonds is 5. The SMILES string of the molecule is O=C(CNC(=O)c1ccccc1Cl)Nc1ccccc1N1CCCC1. The number of amides is 2. The van der Waals surface area contributed by atoms with E-state index in [0.717, 1.165) is 37.3 Å². The van der Waals surface area contributed by atoms with Gasteiger partial charge in [-0.1, -0.05) is 35.9 Å². The number of carbonyl (C=O) groups excluding carboxylic acids is 2. The van der Waals surface area contributed by atoms with Crippen LogP contribution in [0.2, 0.25) is 5.02 Å². The summed E-state index contributed by atoms with van der Waals surface area (Å²) in [5.74, 6) is -0.638. The topological polar surface area (TPSA) is 61.4 Å². The van der Waals surface area contributed by atoms with Gasteiger partial charge < -0.3 is 15.5 Å². The molecule has 2 aromatic carbocycles. The van der Waals surface area contributed by atoms with Crippen LogP contribution in [0.4, 0.5) is 11.4 Å². The molecule has 0 aromatic heterocycles. The normalized spacial score (nSPS) is 13.6. The number of carbonyl (C=O) groups is 2. The molecule has 0 unspecified atom stereocenters. The highest BCUT2D eigenvalue weighted by Crippen LogP contribution is 2.28. The van der Waals surface area contributed by atoms with E-state index in [0.29, 0.717) is 10.6 Å². The molecular formula is C19H20ClN3O2. The quantitative estimate of drug-likeness (QED) is 0.863. The third-order valence-electron chi connectivity index (χ3n) is 4.15. The average Bonchev–Trinajstić information content (AvgIpc) is 3.15. The summed E-state index contributed by atoms with van der Waals surface area (Å²) >= 11 is 5.99. The van der Waals surface area contributed by atoms with Gasteiger partial charge in [-0.2, -0.15) is 0 Å². The number of para-hydroxylation sites is 2. The lowest BCUT2D eigenvalue weighted by molar-refractivity contribution is -0.115. The highest BCUT2D eigenvalue weighted by Gasteiger charge is 2.17. The first-order chi connectivity index (χ1) is 12.1. The van der Waals surface area contributed by atoms with Crippen LogP contribution < -0.4 is 15.5 Å². The Morgan fingerprint density at radius 1 is 1.00 bits per heavy atom. The lowest BCUT2D eigenvalue weighted by Crippen LogP contribution is -2.33. The van der Waals surface area contributed by atoms with Crippen LogP contribution in [0.25, 0.3) is 0 Å². The van der Waals surface area contributed by atoms with E-state index in [1.165, 1.54) is 0 Å². The largest absolute Gasteiger partial charge is 0.370 e. The molecule has 0 spiro atoms. The highest BCUT2D eigenvalue weighted by atomic mass is 35.5. The van der Waals surface area contributed by atoms with Crippen molar-refractivity contribution >= 4 is 34.8 Å². The molecule has 2 amide bonds. The summed E-state index contributed by atoms with van der Waals surface area (Å²) in [6, 6.07) is 14.5. The van der Waals surface area contributed by atoms with Crippen molar-refractivity contribution in [2.45, 2.75) is 12.8 Å². The Balaban J connectivity index is 1.60. The van der Waals surface area contributed by atoms with Gasteiger partial charge in [-0.05, 0) is 37.1 Å². The van der Waals surface area contributed by atoms with Gasteiger partial charge in [0.1, 0.15) is 0 Å². The summed E-state index contributed by atoms with van der Waals surface area (Å²) in [6.45, 7) is 1.88. The Kier molecular flexibility index (Phi) is 5.56. The maximum atomic E-state index is 12.2. The zero-order valence-corrected chi connectivity index (χ0v) is 14.6. The first-order valence-corrected chi connectivity index (χ1v) is 8.69. The number of hydrogen-bond acceptors (Lipinski definition) is 3. The minimum absolute atomic E-state index is 0.113. The van der Waals surface area contributed by atoms with Crippen LogP contribution in [0.1, 0.15) is 23.2 Å². The van der Waals surface area contributed by atoms with Crippen LogP contribution in [0, 0.1) is 0 Å². The molecule has 2 N–H and O–H groups in total. The van der Waals surface area contributed by atoms with Gasteiger partial charge in [0.2, 0.25) is 5.91 Å². The Labute approximate surface area is 152 Å². The molecule has 1 heterocycles. The van der Waals surface area contributed by atoms with E-state index in [1.54, 1.807) is 24.3 Å². The van der Waals surface area contributed by atoms with Crippen LogP contribution in [0.3, 0.4) is 0 Å². The monoisotopic (exact) mass is 357 g/mol. The first-order valence-electron chi connectivity index (χ1n) is 8.32. The van der Waals surface area contributed by atoms with Crippen LogP contribution in [0.5, 0.6) is 0 Å². The molecule has 0 radical (unpaired) electrons. The maximum absolute atomic E-state index is 12.2. The van der Waals surface area contributed by atoms with Crippen molar-refractivity contribution in [2.75, 3.05) is 29.9 Å². The van der Waals surface area contributed by atoms with Gasteiger partial charge in [0.25, 0.3) is 5.91 Å². The third-order valence-corrected chi connectivity index (χ3v) is 4.48. The van der Waals surface area contributed by atoms with Crippen molar-refractivity contribution in [3.05, 3.63) is 59.1 Å². The van der Waals surface area contributed by atoms with E-state index in [-0.39, 0.29) is 18.4 Å². The molecule has 0 atom stereocenters. The van der Waals surface area contributed by atoms with Gasteiger partial charge in [0.05, 0.1) is 28.5 Å². The molecule has 1 fully saturated rings. The molecule has 0 bridgehead atoms. The predicted octanol–water partition coefficient (Wildman–Crippen LogP) is 3.31. The van der Waals surface area contributed by atoms with E-state index in [4.69, 9.17) is 11.6 Å². The van der Waals surface area contributed by atoms with E-state index < -0.39 is 0 Å². The minimum Gasteiger partial charge on any atom is -0.370 e. The zero-order chi connectivity index (χ0) is 17.6. The summed E-state index contributed by atoms with van der Waals surface area (Å²) in [6.07, 6.45) is 2.33. The standard InChI is InChI=1S/C19H20ClN3O2/c20-15-8-2-1-7-14(15)19(25)21-13-18(24)22-16-9-3-4-10-17(16)23-11-5-6-12-23/h1-4,7-10H,5-6,11-13H2,(H,21,25)(H,22,24). The van der Waals surface area contributed by atoms with Gasteiger partial charge in [0, 0.05) is 13.1 Å². The predicted molar refractivity (Wildman–Crippen MR) is 100 cm³/mol. The second-order valence-electron chi connectivity index (χ2n) is 5.92. The van der Waals surface area contributed by atoms with Crippen molar-refractivity contribution in [1.29, 1.82) is 0 Å². The van der Waals surface area contributed by atoms with Gasteiger partial charge in [-0.3, -0.25) is 9.59 Å². The fourth-order valence-corrected chi connectivity index (χ4v) is 3.13. The lowest BCUT2D eigenvalue weighted by atomic mass is 10.2. The average molecular weight is 358 g/mol. The van der Waals surface area contributed by atoms with Gasteiger partial charge in [-0.15, -0.1) is 0 Å². The fraction of sp³-hybridized carbons (Fsp3) is 0.263. The fourth-order valence-electron chi connectivity index (χ4n) is 2.91. The smallest absolute Gasteiger partial charge is 0.253 e. The highest BCUT2D eigenvalue weighted by molar-refractivity contribution is 6.33. The second kappa shape index (κ2) is 8.03. The van der Waals surface area contributed by atoms with E-state index in [2.05, 4.69) is 15.5 Å². The van der Waals surface area contributed by atoms with E-state index in [9.17, 15) is 9.59 Å². The second-order valence-corrected chi connectivity index (χ2v) is 6.33. The number of halogens is 1. The number of hydrogen-bond donors (Lipinski definition) is 2. The number of benzene rings is 2. The number of nitrogens with zero attached hydrogens (tertiary/aromatic N) is 1. The minimum atomic E-state index is -0.367. The Morgan fingerprint density at radius 3 is 2.44 bits per heavy atom. The summed E-state index contributed by atoms with van der Waals surface area (Å²) in [7, 11) is 0. The zero-order valence-electron chi connectivity index (χ0n) is 13.8. The van der Waals surface area contributed by atoms with Gasteiger partial charge in [-0.25, -0.2) is 0 Å². The molecule has 1 aliphatic heterocycles. The van der Waals surface area contributed by atoms with Gasteiger partial charge >= 0.3 is 0 Å². The molecule has 2 aromatic rings. The Morgan fingerprint density at radius 2 is 1.68 bits per heavy atom. The van der Waals surface area contributed by atoms with Gasteiger partial charge in [0.15, 0.2) is 0 Å². The molecular weight excluding hydrogens is 338 g/mol. The van der Waals surface area contributed by atoms with Crippen molar-refractivity contribution in [3.8, 4) is 0 Å². The molecule has 1 saturated heterocycles. The van der Waals surface area contributed by atoms with E-state index in [1.807, 2.05) is 24.3 Å². The van der Waals surface area contributed by atoms with Crippen molar-refractivity contribution in [1.82, 2.24) is 5.32 Å². The van der Waals surface area contributed by atoms with Crippen LogP contribution >= 0.6 is 11.6 Å². The molecule has 25 heavy (non-hydrogen) atoms. The molecule has 3 rings (SSSR count). The lowest BCUT2D eigenvalue weighted by Gasteiger charge is -2.21. The molecule has 0 saturated carbocycles. The molecule has 6 heteroatoms. The summed E-state index contributed by atoms with van der Waals surface area (Å²) in [5, 5.41) is 5.84. The molecule has 130 valence electrons. The van der Waals surface area contributed by atoms with Crippen molar-refractivity contribution in [3.63, 3.8) is 0 Å². The molecule has 5 nitrogen and oxygen atoms in total. The third kappa shape index (κ3) is 4.31. The summed E-state index contributed by atoms with van der Waals surface area (Å²) < 4.78 is 0. The number of nitrogens with one attached hydrogen (secondary N) is 2. The molecule has 0 aliphatic carbocycles. The Bertz CT molecular complexity index is 773. The van der Waals surface area contributed by atoms with E-state index >= 15 is 0 Å². The Hall–Kier alpha value is -2.53. The van der Waals surface area contributed by atoms with Crippen molar-refractivity contribution in [2.24, 2.45) is 0 Å². The number of anilines is 2. The maximum Gasteiger partial charge on any atom is 0.253 e. The summed E-state index contributed by atoms with van der Waals surface area (Å²) in [4.78, 5) is 26.6. The van der Waals surface area contributed by atoms with Crippen LogP contribution in [-0.4, -0.2) is 31.4 Å². The van der Waals surface area contributed by atoms with Crippen molar-refractivity contribution < 1.29 is 9.59 Å². The molecule has 1 aliphatic rings. The summed E-state index contributed by atoms with van der Waals surface area (Å²) in [5.41, 5.74) is 2.14. The van der Waals surface area contributed by atoms with Crippen LogP contribution in [0.15, 0.2) is 48.5 Å². The first kappa shape index (κ1) is 17.3.